The number of nitrogens with one attached hydrogen (secondary N) is 1. The summed E-state index contributed by atoms with van der Waals surface area (Å²) in [5.41, 5.74) is 1.30. The molecule has 2 heterocycles. The molecular formula is C17H23N5S. The Balaban J connectivity index is 1.53. The third kappa shape index (κ3) is 4.01. The topological polar surface area (TPSA) is 43.8 Å². The highest BCUT2D eigenvalue weighted by molar-refractivity contribution is 7.11. The van der Waals surface area contributed by atoms with Crippen LogP contribution in [0, 0.1) is 6.92 Å². The molecule has 0 atom stereocenters. The van der Waals surface area contributed by atoms with Crippen molar-refractivity contribution in [3.63, 3.8) is 0 Å². The molecule has 0 saturated carbocycles. The fraction of sp³-hybridized carbons (Fsp3) is 0.412. The summed E-state index contributed by atoms with van der Waals surface area (Å²) in [7, 11) is 1.85. The van der Waals surface area contributed by atoms with Gasteiger partial charge in [0, 0.05) is 50.0 Å². The highest BCUT2D eigenvalue weighted by Crippen LogP contribution is 2.16. The van der Waals surface area contributed by atoms with Crippen molar-refractivity contribution in [2.24, 2.45) is 4.99 Å². The molecule has 1 aromatic heterocycles. The number of nitrogens with zero attached hydrogens (tertiary/aromatic N) is 4. The van der Waals surface area contributed by atoms with Crippen LogP contribution in [-0.2, 0) is 6.54 Å². The molecule has 0 bridgehead atoms. The van der Waals surface area contributed by atoms with Crippen molar-refractivity contribution in [1.82, 2.24) is 15.2 Å². The van der Waals surface area contributed by atoms with Gasteiger partial charge in [0.25, 0.3) is 0 Å². The second-order valence-electron chi connectivity index (χ2n) is 5.56. The Morgan fingerprint density at radius 2 is 1.96 bits per heavy atom. The minimum atomic E-state index is 0.789. The van der Waals surface area contributed by atoms with Crippen LogP contribution >= 0.6 is 11.3 Å². The first-order valence-electron chi connectivity index (χ1n) is 7.93. The maximum Gasteiger partial charge on any atom is 0.194 e. The lowest BCUT2D eigenvalue weighted by atomic mass is 10.2. The van der Waals surface area contributed by atoms with Crippen molar-refractivity contribution < 1.29 is 0 Å². The van der Waals surface area contributed by atoms with Gasteiger partial charge in [0.1, 0.15) is 0 Å². The Morgan fingerprint density at radius 1 is 1.22 bits per heavy atom. The van der Waals surface area contributed by atoms with E-state index in [1.54, 1.807) is 11.3 Å². The van der Waals surface area contributed by atoms with Crippen LogP contribution in [0.2, 0.25) is 0 Å². The fourth-order valence-corrected chi connectivity index (χ4v) is 3.54. The average Bonchev–Trinajstić information content (AvgIpc) is 3.02. The summed E-state index contributed by atoms with van der Waals surface area (Å²) in [5, 5.41) is 4.56. The van der Waals surface area contributed by atoms with E-state index < -0.39 is 0 Å². The zero-order valence-electron chi connectivity index (χ0n) is 13.7. The number of hydrogen-bond donors (Lipinski definition) is 1. The molecule has 1 aliphatic heterocycles. The SMILES string of the molecule is CN=C(NCc1cnc(C)s1)N1CCN(c2ccccc2)CC1. The van der Waals surface area contributed by atoms with Crippen LogP contribution < -0.4 is 10.2 Å². The number of benzene rings is 1. The molecule has 0 amide bonds. The molecule has 0 aliphatic carbocycles. The van der Waals surface area contributed by atoms with E-state index in [9.17, 15) is 0 Å². The standard InChI is InChI=1S/C17H23N5S/c1-14-19-12-16(23-14)13-20-17(18-2)22-10-8-21(9-11-22)15-6-4-3-5-7-15/h3-7,12H,8-11,13H2,1-2H3,(H,18,20). The molecule has 1 N–H and O–H groups in total. The molecule has 0 radical (unpaired) electrons. The van der Waals surface area contributed by atoms with Gasteiger partial charge in [-0.1, -0.05) is 18.2 Å². The van der Waals surface area contributed by atoms with E-state index >= 15 is 0 Å². The molecule has 1 saturated heterocycles. The van der Waals surface area contributed by atoms with Crippen LogP contribution in [-0.4, -0.2) is 49.1 Å². The van der Waals surface area contributed by atoms with Crippen molar-refractivity contribution in [3.05, 3.63) is 46.4 Å². The maximum absolute atomic E-state index is 4.43. The molecule has 23 heavy (non-hydrogen) atoms. The van der Waals surface area contributed by atoms with Gasteiger partial charge in [-0.05, 0) is 19.1 Å². The number of para-hydroxylation sites is 1. The third-order valence-corrected chi connectivity index (χ3v) is 4.91. The highest BCUT2D eigenvalue weighted by Gasteiger charge is 2.19. The fourth-order valence-electron chi connectivity index (χ4n) is 2.80. The van der Waals surface area contributed by atoms with Crippen LogP contribution in [0.1, 0.15) is 9.88 Å². The van der Waals surface area contributed by atoms with Crippen molar-refractivity contribution in [3.8, 4) is 0 Å². The smallest absolute Gasteiger partial charge is 0.194 e. The van der Waals surface area contributed by atoms with E-state index in [1.807, 2.05) is 20.2 Å². The van der Waals surface area contributed by atoms with Gasteiger partial charge in [-0.25, -0.2) is 4.98 Å². The predicted octanol–water partition coefficient (Wildman–Crippen LogP) is 2.35. The van der Waals surface area contributed by atoms with Gasteiger partial charge < -0.3 is 15.1 Å². The van der Waals surface area contributed by atoms with Crippen LogP contribution in [0.3, 0.4) is 0 Å². The van der Waals surface area contributed by atoms with E-state index in [2.05, 4.69) is 55.4 Å². The normalized spacial score (nSPS) is 15.8. The van der Waals surface area contributed by atoms with Crippen LogP contribution in [0.5, 0.6) is 0 Å². The second kappa shape index (κ2) is 7.46. The van der Waals surface area contributed by atoms with Gasteiger partial charge in [-0.3, -0.25) is 4.99 Å². The third-order valence-electron chi connectivity index (χ3n) is 4.00. The summed E-state index contributed by atoms with van der Waals surface area (Å²) in [6, 6.07) is 10.6. The molecule has 1 fully saturated rings. The monoisotopic (exact) mass is 329 g/mol. The number of aryl methyl sites for hydroxylation is 1. The number of guanidine groups is 1. The number of anilines is 1. The van der Waals surface area contributed by atoms with Gasteiger partial charge in [-0.2, -0.15) is 0 Å². The van der Waals surface area contributed by atoms with E-state index in [1.165, 1.54) is 10.6 Å². The van der Waals surface area contributed by atoms with Crippen molar-refractivity contribution >= 4 is 23.0 Å². The van der Waals surface area contributed by atoms with Gasteiger partial charge >= 0.3 is 0 Å². The molecule has 3 rings (SSSR count). The molecule has 6 heteroatoms. The molecule has 122 valence electrons. The second-order valence-corrected chi connectivity index (χ2v) is 6.88. The summed E-state index contributed by atoms with van der Waals surface area (Å²) in [6.45, 7) is 6.82. The number of rotatable bonds is 3. The zero-order chi connectivity index (χ0) is 16.1. The molecule has 5 nitrogen and oxygen atoms in total. The lowest BCUT2D eigenvalue weighted by Gasteiger charge is -2.37. The summed E-state index contributed by atoms with van der Waals surface area (Å²) in [5.74, 6) is 0.976. The first kappa shape index (κ1) is 15.8. The molecule has 0 spiro atoms. The lowest BCUT2D eigenvalue weighted by Crippen LogP contribution is -2.52. The number of piperazine rings is 1. The van der Waals surface area contributed by atoms with Gasteiger partial charge in [0.2, 0.25) is 0 Å². The van der Waals surface area contributed by atoms with E-state index in [0.29, 0.717) is 0 Å². The van der Waals surface area contributed by atoms with Crippen LogP contribution in [0.4, 0.5) is 5.69 Å². The summed E-state index contributed by atoms with van der Waals surface area (Å²) in [4.78, 5) is 14.7. The van der Waals surface area contributed by atoms with Gasteiger partial charge in [0.05, 0.1) is 11.6 Å². The minimum Gasteiger partial charge on any atom is -0.368 e. The minimum absolute atomic E-state index is 0.789. The quantitative estimate of drug-likeness (QED) is 0.693. The van der Waals surface area contributed by atoms with Crippen molar-refractivity contribution in [1.29, 1.82) is 0 Å². The van der Waals surface area contributed by atoms with Crippen molar-refractivity contribution in [2.45, 2.75) is 13.5 Å². The molecule has 1 aliphatic rings. The Bertz CT molecular complexity index is 644. The number of thiazole rings is 1. The Hall–Kier alpha value is -2.08. The van der Waals surface area contributed by atoms with Gasteiger partial charge in [-0.15, -0.1) is 11.3 Å². The lowest BCUT2D eigenvalue weighted by molar-refractivity contribution is 0.372. The summed E-state index contributed by atoms with van der Waals surface area (Å²) < 4.78 is 0. The van der Waals surface area contributed by atoms with Crippen LogP contribution in [0.25, 0.3) is 0 Å². The maximum atomic E-state index is 4.43. The summed E-state index contributed by atoms with van der Waals surface area (Å²) in [6.07, 6.45) is 1.94. The number of aromatic nitrogens is 1. The Morgan fingerprint density at radius 3 is 2.57 bits per heavy atom. The van der Waals surface area contributed by atoms with Crippen molar-refractivity contribution in [2.75, 3.05) is 38.1 Å². The molecule has 1 aromatic carbocycles. The number of aliphatic imine (C=N–C) groups is 1. The largest absolute Gasteiger partial charge is 0.368 e. The molecular weight excluding hydrogens is 306 g/mol. The summed E-state index contributed by atoms with van der Waals surface area (Å²) >= 11 is 1.73. The highest BCUT2D eigenvalue weighted by atomic mass is 32.1. The first-order valence-corrected chi connectivity index (χ1v) is 8.75. The first-order chi connectivity index (χ1) is 11.3. The van der Waals surface area contributed by atoms with E-state index in [4.69, 9.17) is 0 Å². The van der Waals surface area contributed by atoms with E-state index in [0.717, 1.165) is 43.7 Å². The molecule has 0 unspecified atom stereocenters. The Labute approximate surface area is 141 Å². The van der Waals surface area contributed by atoms with Crippen LogP contribution in [0.15, 0.2) is 41.5 Å². The van der Waals surface area contributed by atoms with E-state index in [-0.39, 0.29) is 0 Å². The average molecular weight is 329 g/mol. The van der Waals surface area contributed by atoms with Gasteiger partial charge in [0.15, 0.2) is 5.96 Å². The predicted molar refractivity (Wildman–Crippen MR) is 97.3 cm³/mol. The molecule has 2 aromatic rings. The number of hydrogen-bond acceptors (Lipinski definition) is 4. The zero-order valence-corrected chi connectivity index (χ0v) is 14.5. The Kier molecular flexibility index (Phi) is 5.12.